The molecule has 0 amide bonds. The van der Waals surface area contributed by atoms with E-state index in [1.54, 1.807) is 48.5 Å². The zero-order valence-corrected chi connectivity index (χ0v) is 11.9. The van der Waals surface area contributed by atoms with Gasteiger partial charge < -0.3 is 0 Å². The van der Waals surface area contributed by atoms with E-state index >= 15 is 0 Å². The molecule has 98 valence electrons. The van der Waals surface area contributed by atoms with Gasteiger partial charge in [-0.05, 0) is 47.5 Å². The Hall–Kier alpha value is -1.35. The molecule has 5 heteroatoms. The highest BCUT2D eigenvalue weighted by Crippen LogP contribution is 2.10. The fourth-order valence-corrected chi connectivity index (χ4v) is 1.53. The fourth-order valence-electron chi connectivity index (χ4n) is 1.15. The average Bonchev–Trinajstić information content (AvgIpc) is 2.41. The molecule has 0 spiro atoms. The van der Waals surface area contributed by atoms with Gasteiger partial charge in [-0.25, -0.2) is 0 Å². The van der Waals surface area contributed by atoms with Crippen LogP contribution in [0.25, 0.3) is 0 Å². The number of rotatable bonds is 2. The van der Waals surface area contributed by atoms with E-state index in [1.807, 2.05) is 6.07 Å². The van der Waals surface area contributed by atoms with E-state index in [0.717, 1.165) is 0 Å². The van der Waals surface area contributed by atoms with Crippen molar-refractivity contribution < 1.29 is 9.59 Å². The molecule has 0 radical (unpaired) electrons. The molecule has 0 saturated heterocycles. The van der Waals surface area contributed by atoms with Gasteiger partial charge in [0, 0.05) is 16.1 Å². The van der Waals surface area contributed by atoms with E-state index in [4.69, 9.17) is 34.8 Å². The highest BCUT2D eigenvalue weighted by Gasteiger charge is 1.98. The van der Waals surface area contributed by atoms with E-state index in [0.29, 0.717) is 16.1 Å². The minimum absolute atomic E-state index is 0.407. The van der Waals surface area contributed by atoms with Gasteiger partial charge in [0.1, 0.15) is 0 Å². The Labute approximate surface area is 125 Å². The lowest BCUT2D eigenvalue weighted by molar-refractivity contribution is 0.107. The van der Waals surface area contributed by atoms with Gasteiger partial charge >= 0.3 is 0 Å². The van der Waals surface area contributed by atoms with Crippen LogP contribution in [-0.2, 0) is 0 Å². The molecule has 0 aliphatic rings. The van der Waals surface area contributed by atoms with E-state index in [9.17, 15) is 9.59 Å². The first-order chi connectivity index (χ1) is 9.00. The Morgan fingerprint density at radius 1 is 0.684 bits per heavy atom. The zero-order chi connectivity index (χ0) is 14.3. The third-order valence-electron chi connectivity index (χ3n) is 2.07. The van der Waals surface area contributed by atoms with Crippen molar-refractivity contribution in [1.82, 2.24) is 0 Å². The first kappa shape index (κ1) is 15.7. The summed E-state index contributed by atoms with van der Waals surface area (Å²) in [7, 11) is 0. The van der Waals surface area contributed by atoms with Gasteiger partial charge in [-0.1, -0.05) is 41.9 Å². The quantitative estimate of drug-likeness (QED) is 0.747. The number of hydrogen-bond acceptors (Lipinski definition) is 2. The molecule has 2 aromatic rings. The Kier molecular flexibility index (Phi) is 6.57. The Balaban J connectivity index is 0.000000191. The highest BCUT2D eigenvalue weighted by atomic mass is 35.5. The molecule has 2 rings (SSSR count). The second-order valence-electron chi connectivity index (χ2n) is 3.42. The van der Waals surface area contributed by atoms with Crippen LogP contribution in [0.3, 0.4) is 0 Å². The second kappa shape index (κ2) is 7.95. The maximum absolute atomic E-state index is 10.5. The van der Waals surface area contributed by atoms with Gasteiger partial charge in [-0.3, -0.25) is 9.59 Å². The van der Waals surface area contributed by atoms with Crippen LogP contribution in [0.15, 0.2) is 54.6 Å². The van der Waals surface area contributed by atoms with Crippen molar-refractivity contribution in [2.75, 3.05) is 0 Å². The maximum Gasteiger partial charge on any atom is 0.252 e. The minimum atomic E-state index is -0.461. The summed E-state index contributed by atoms with van der Waals surface area (Å²) in [6.07, 6.45) is 0. The van der Waals surface area contributed by atoms with E-state index in [2.05, 4.69) is 0 Å². The van der Waals surface area contributed by atoms with Crippen LogP contribution < -0.4 is 0 Å². The number of carbonyl (C=O) groups excluding carboxylic acids is 2. The number of carbonyl (C=O) groups is 2. The zero-order valence-electron chi connectivity index (χ0n) is 9.65. The molecule has 0 fully saturated rings. The lowest BCUT2D eigenvalue weighted by atomic mass is 10.2. The summed E-state index contributed by atoms with van der Waals surface area (Å²) in [5.41, 5.74) is 1.00. The number of benzene rings is 2. The van der Waals surface area contributed by atoms with Crippen LogP contribution >= 0.6 is 34.8 Å². The lowest BCUT2D eigenvalue weighted by Gasteiger charge is -1.91. The van der Waals surface area contributed by atoms with Crippen LogP contribution in [0.4, 0.5) is 0 Å². The van der Waals surface area contributed by atoms with Crippen LogP contribution in [0.2, 0.25) is 5.02 Å². The normalized spacial score (nSPS) is 9.21. The van der Waals surface area contributed by atoms with E-state index in [-0.39, 0.29) is 0 Å². The van der Waals surface area contributed by atoms with Gasteiger partial charge in [-0.2, -0.15) is 0 Å². The largest absolute Gasteiger partial charge is 0.276 e. The standard InChI is InChI=1S/C7H4Cl2O.C7H5ClO/c8-6-3-1-5(2-4-6)7(9)10;8-7(9)6-4-2-1-3-5-6/h1-4H;1-5H. The van der Waals surface area contributed by atoms with E-state index in [1.165, 1.54) is 0 Å². The SMILES string of the molecule is O=C(Cl)c1ccc(Cl)cc1.O=C(Cl)c1ccccc1. The maximum atomic E-state index is 10.5. The Morgan fingerprint density at radius 2 is 1.11 bits per heavy atom. The van der Waals surface area contributed by atoms with Crippen LogP contribution in [0, 0.1) is 0 Å². The monoisotopic (exact) mass is 314 g/mol. The fraction of sp³-hybridized carbons (Fsp3) is 0. The second-order valence-corrected chi connectivity index (χ2v) is 4.54. The lowest BCUT2D eigenvalue weighted by Crippen LogP contribution is -1.85. The third-order valence-corrected chi connectivity index (χ3v) is 2.76. The molecule has 0 atom stereocenters. The smallest absolute Gasteiger partial charge is 0.252 e. The molecule has 0 aliphatic heterocycles. The molecule has 0 unspecified atom stereocenters. The van der Waals surface area contributed by atoms with Crippen LogP contribution in [-0.4, -0.2) is 10.5 Å². The van der Waals surface area contributed by atoms with E-state index < -0.39 is 10.5 Å². The van der Waals surface area contributed by atoms with Crippen molar-refractivity contribution in [3.63, 3.8) is 0 Å². The molecule has 2 aromatic carbocycles. The van der Waals surface area contributed by atoms with Crippen LogP contribution in [0.1, 0.15) is 20.7 Å². The van der Waals surface area contributed by atoms with Crippen LogP contribution in [0.5, 0.6) is 0 Å². The van der Waals surface area contributed by atoms with Gasteiger partial charge in [0.05, 0.1) is 0 Å². The van der Waals surface area contributed by atoms with Gasteiger partial charge in [0.15, 0.2) is 0 Å². The summed E-state index contributed by atoms with van der Waals surface area (Å²) in [6.45, 7) is 0. The summed E-state index contributed by atoms with van der Waals surface area (Å²) in [5.74, 6) is 0. The van der Waals surface area contributed by atoms with Crippen molar-refractivity contribution in [2.45, 2.75) is 0 Å². The predicted molar refractivity (Wildman–Crippen MR) is 78.3 cm³/mol. The summed E-state index contributed by atoms with van der Waals surface area (Å²) >= 11 is 15.9. The topological polar surface area (TPSA) is 34.1 Å². The number of hydrogen-bond donors (Lipinski definition) is 0. The van der Waals surface area contributed by atoms with Crippen molar-refractivity contribution in [2.24, 2.45) is 0 Å². The van der Waals surface area contributed by atoms with Crippen molar-refractivity contribution in [3.8, 4) is 0 Å². The number of halogens is 3. The minimum Gasteiger partial charge on any atom is -0.276 e. The molecule has 0 aliphatic carbocycles. The average molecular weight is 316 g/mol. The van der Waals surface area contributed by atoms with Crippen molar-refractivity contribution in [1.29, 1.82) is 0 Å². The van der Waals surface area contributed by atoms with Crippen molar-refractivity contribution in [3.05, 3.63) is 70.7 Å². The Bertz CT molecular complexity index is 551. The molecule has 0 saturated carbocycles. The third kappa shape index (κ3) is 5.88. The summed E-state index contributed by atoms with van der Waals surface area (Å²) in [4.78, 5) is 20.9. The molecular weight excluding hydrogens is 307 g/mol. The van der Waals surface area contributed by atoms with Crippen molar-refractivity contribution >= 4 is 45.3 Å². The predicted octanol–water partition coefficient (Wildman–Crippen LogP) is 4.78. The Morgan fingerprint density at radius 3 is 1.47 bits per heavy atom. The summed E-state index contributed by atoms with van der Waals surface area (Å²) in [5, 5.41) is -0.270. The first-order valence-electron chi connectivity index (χ1n) is 5.21. The molecule has 0 N–H and O–H groups in total. The highest BCUT2D eigenvalue weighted by molar-refractivity contribution is 6.68. The van der Waals surface area contributed by atoms with Gasteiger partial charge in [0.25, 0.3) is 10.5 Å². The molecule has 0 aromatic heterocycles. The molecular formula is C14H9Cl3O2. The molecule has 0 bridgehead atoms. The summed E-state index contributed by atoms with van der Waals surface area (Å²) < 4.78 is 0. The molecule has 19 heavy (non-hydrogen) atoms. The molecule has 2 nitrogen and oxygen atoms in total. The summed E-state index contributed by atoms with van der Waals surface area (Å²) in [6, 6.07) is 15.1. The van der Waals surface area contributed by atoms with Gasteiger partial charge in [0.2, 0.25) is 0 Å². The van der Waals surface area contributed by atoms with Gasteiger partial charge in [-0.15, -0.1) is 0 Å². The first-order valence-corrected chi connectivity index (χ1v) is 6.34. The molecule has 0 heterocycles.